The lowest BCUT2D eigenvalue weighted by molar-refractivity contribution is 0.147. The van der Waals surface area contributed by atoms with Gasteiger partial charge in [0.05, 0.1) is 5.69 Å². The van der Waals surface area contributed by atoms with Gasteiger partial charge in [-0.25, -0.2) is 4.98 Å². The van der Waals surface area contributed by atoms with Crippen LogP contribution in [0.4, 0.5) is 5.95 Å². The van der Waals surface area contributed by atoms with Crippen LogP contribution >= 0.6 is 0 Å². The Hall–Kier alpha value is -1.03. The van der Waals surface area contributed by atoms with E-state index in [0.29, 0.717) is 0 Å². The van der Waals surface area contributed by atoms with Crippen LogP contribution < -0.4 is 5.32 Å². The van der Waals surface area contributed by atoms with Crippen molar-refractivity contribution in [3.8, 4) is 0 Å². The summed E-state index contributed by atoms with van der Waals surface area (Å²) in [7, 11) is 0. The second-order valence-electron chi connectivity index (χ2n) is 6.17. The Morgan fingerprint density at radius 2 is 2.14 bits per heavy atom. The molecule has 120 valence electrons. The molecule has 1 fully saturated rings. The molecule has 4 nitrogen and oxygen atoms in total. The van der Waals surface area contributed by atoms with E-state index in [0.717, 1.165) is 50.3 Å². The minimum absolute atomic E-state index is 0.801. The molecule has 1 aromatic heterocycles. The quantitative estimate of drug-likeness (QED) is 0.699. The zero-order valence-electron chi connectivity index (χ0n) is 13.7. The van der Waals surface area contributed by atoms with E-state index in [1.54, 1.807) is 0 Å². The molecule has 4 heteroatoms. The molecular weight excluding hydrogens is 262 g/mol. The van der Waals surface area contributed by atoms with Gasteiger partial charge in [0.1, 0.15) is 0 Å². The Labute approximate surface area is 129 Å². The Bertz CT molecular complexity index is 397. The molecule has 1 saturated carbocycles. The van der Waals surface area contributed by atoms with Gasteiger partial charge in [0.25, 0.3) is 0 Å². The van der Waals surface area contributed by atoms with Gasteiger partial charge < -0.3 is 14.6 Å². The highest BCUT2D eigenvalue weighted by atomic mass is 16.5. The summed E-state index contributed by atoms with van der Waals surface area (Å²) in [5.41, 5.74) is 1.10. The van der Waals surface area contributed by atoms with E-state index in [9.17, 15) is 0 Å². The van der Waals surface area contributed by atoms with Crippen molar-refractivity contribution in [2.45, 2.75) is 65.3 Å². The lowest BCUT2D eigenvalue weighted by Gasteiger charge is -2.22. The van der Waals surface area contributed by atoms with Crippen molar-refractivity contribution in [2.24, 2.45) is 5.92 Å². The van der Waals surface area contributed by atoms with Crippen molar-refractivity contribution >= 4 is 5.95 Å². The fourth-order valence-corrected chi connectivity index (χ4v) is 3.17. The van der Waals surface area contributed by atoms with Gasteiger partial charge in [-0.3, -0.25) is 0 Å². The molecule has 0 aromatic carbocycles. The van der Waals surface area contributed by atoms with Gasteiger partial charge in [-0.15, -0.1) is 0 Å². The number of aryl methyl sites for hydroxylation is 2. The van der Waals surface area contributed by atoms with Crippen molar-refractivity contribution in [3.63, 3.8) is 0 Å². The number of hydrogen-bond acceptors (Lipinski definition) is 3. The molecule has 0 amide bonds. The van der Waals surface area contributed by atoms with E-state index in [-0.39, 0.29) is 0 Å². The van der Waals surface area contributed by atoms with Crippen LogP contribution in [0.5, 0.6) is 0 Å². The molecule has 1 aliphatic rings. The average Bonchev–Trinajstić information content (AvgIpc) is 2.86. The fourth-order valence-electron chi connectivity index (χ4n) is 3.17. The number of hydrogen-bond donors (Lipinski definition) is 1. The van der Waals surface area contributed by atoms with E-state index >= 15 is 0 Å². The summed E-state index contributed by atoms with van der Waals surface area (Å²) in [5, 5.41) is 3.45. The highest BCUT2D eigenvalue weighted by Gasteiger charge is 2.14. The zero-order chi connectivity index (χ0) is 14.9. The Morgan fingerprint density at radius 3 is 2.90 bits per heavy atom. The molecule has 21 heavy (non-hydrogen) atoms. The van der Waals surface area contributed by atoms with Crippen LogP contribution in [0.25, 0.3) is 0 Å². The smallest absolute Gasteiger partial charge is 0.203 e. The summed E-state index contributed by atoms with van der Waals surface area (Å²) in [4.78, 5) is 4.60. The molecule has 1 heterocycles. The van der Waals surface area contributed by atoms with Crippen molar-refractivity contribution in [2.75, 3.05) is 25.1 Å². The van der Waals surface area contributed by atoms with Crippen LogP contribution in [-0.4, -0.2) is 29.3 Å². The highest BCUT2D eigenvalue weighted by Crippen LogP contribution is 2.27. The maximum atomic E-state index is 5.37. The van der Waals surface area contributed by atoms with Crippen LogP contribution in [0, 0.1) is 12.8 Å². The Morgan fingerprint density at radius 1 is 1.33 bits per heavy atom. The monoisotopic (exact) mass is 293 g/mol. The van der Waals surface area contributed by atoms with Gasteiger partial charge in [-0.2, -0.15) is 0 Å². The number of aromatic nitrogens is 2. The maximum Gasteiger partial charge on any atom is 0.203 e. The van der Waals surface area contributed by atoms with Crippen molar-refractivity contribution in [3.05, 3.63) is 11.9 Å². The minimum Gasteiger partial charge on any atom is -0.382 e. The first-order valence-corrected chi connectivity index (χ1v) is 8.65. The molecule has 0 spiro atoms. The third-order valence-electron chi connectivity index (χ3n) is 4.35. The van der Waals surface area contributed by atoms with E-state index in [2.05, 4.69) is 28.0 Å². The van der Waals surface area contributed by atoms with Crippen LogP contribution in [0.1, 0.15) is 57.6 Å². The summed E-state index contributed by atoms with van der Waals surface area (Å²) < 4.78 is 7.66. The first-order chi connectivity index (χ1) is 10.3. The summed E-state index contributed by atoms with van der Waals surface area (Å²) in [6, 6.07) is 0. The van der Waals surface area contributed by atoms with Crippen molar-refractivity contribution < 1.29 is 4.74 Å². The second-order valence-corrected chi connectivity index (χ2v) is 6.17. The molecular formula is C17H31N3O. The van der Waals surface area contributed by atoms with Crippen molar-refractivity contribution in [1.82, 2.24) is 9.55 Å². The van der Waals surface area contributed by atoms with E-state index in [1.807, 2.05) is 6.92 Å². The summed E-state index contributed by atoms with van der Waals surface area (Å²) in [6.45, 7) is 7.76. The van der Waals surface area contributed by atoms with Gasteiger partial charge in [0.2, 0.25) is 5.95 Å². The molecule has 2 rings (SSSR count). The van der Waals surface area contributed by atoms with E-state index in [4.69, 9.17) is 4.74 Å². The predicted molar refractivity (Wildman–Crippen MR) is 87.8 cm³/mol. The third kappa shape index (κ3) is 5.70. The first-order valence-electron chi connectivity index (χ1n) is 8.65. The molecule has 0 saturated heterocycles. The summed E-state index contributed by atoms with van der Waals surface area (Å²) >= 11 is 0. The van der Waals surface area contributed by atoms with Crippen LogP contribution in [0.2, 0.25) is 0 Å². The molecule has 0 atom stereocenters. The summed E-state index contributed by atoms with van der Waals surface area (Å²) in [5.74, 6) is 1.95. The number of nitrogens with one attached hydrogen (secondary N) is 1. The second kappa shape index (κ2) is 9.08. The number of imidazole rings is 1. The fraction of sp³-hybridized carbons (Fsp3) is 0.824. The topological polar surface area (TPSA) is 39.1 Å². The molecule has 0 radical (unpaired) electrons. The Balaban J connectivity index is 1.75. The van der Waals surface area contributed by atoms with Crippen LogP contribution in [-0.2, 0) is 11.3 Å². The summed E-state index contributed by atoms with van der Waals surface area (Å²) in [6.07, 6.45) is 11.6. The van der Waals surface area contributed by atoms with Crippen LogP contribution in [0.3, 0.4) is 0 Å². The number of anilines is 1. The lowest BCUT2D eigenvalue weighted by Crippen LogP contribution is -2.13. The Kier molecular flexibility index (Phi) is 7.07. The molecule has 1 aliphatic carbocycles. The van der Waals surface area contributed by atoms with E-state index in [1.165, 1.54) is 38.5 Å². The normalized spacial score (nSPS) is 16.3. The number of ether oxygens (including phenoxy) is 1. The predicted octanol–water partition coefficient (Wildman–Crippen LogP) is 4.00. The van der Waals surface area contributed by atoms with Crippen LogP contribution in [0.15, 0.2) is 6.20 Å². The highest BCUT2D eigenvalue weighted by molar-refractivity contribution is 5.28. The van der Waals surface area contributed by atoms with Gasteiger partial charge in [0.15, 0.2) is 0 Å². The number of nitrogens with zero attached hydrogens (tertiary/aromatic N) is 2. The zero-order valence-corrected chi connectivity index (χ0v) is 13.7. The SMILES string of the molecule is CCOCCCNc1nc(C)cn1CCC1CCCCC1. The standard InChI is InChI=1S/C17H31N3O/c1-3-21-13-7-11-18-17-19-15(2)14-20(17)12-10-16-8-5-4-6-9-16/h14,16H,3-13H2,1-2H3,(H,18,19). The molecule has 1 N–H and O–H groups in total. The number of rotatable bonds is 9. The van der Waals surface area contributed by atoms with E-state index < -0.39 is 0 Å². The molecule has 0 aliphatic heterocycles. The van der Waals surface area contributed by atoms with Gasteiger partial charge >= 0.3 is 0 Å². The van der Waals surface area contributed by atoms with Gasteiger partial charge in [-0.1, -0.05) is 32.1 Å². The molecule has 0 bridgehead atoms. The van der Waals surface area contributed by atoms with Gasteiger partial charge in [-0.05, 0) is 32.6 Å². The van der Waals surface area contributed by atoms with Crippen molar-refractivity contribution in [1.29, 1.82) is 0 Å². The minimum atomic E-state index is 0.801. The average molecular weight is 293 g/mol. The molecule has 0 unspecified atom stereocenters. The first kappa shape index (κ1) is 16.3. The molecule has 1 aromatic rings. The van der Waals surface area contributed by atoms with Gasteiger partial charge in [0, 0.05) is 32.5 Å². The maximum absolute atomic E-state index is 5.37. The lowest BCUT2D eigenvalue weighted by atomic mass is 9.87. The largest absolute Gasteiger partial charge is 0.382 e. The third-order valence-corrected chi connectivity index (χ3v) is 4.35.